The number of amides is 3. The Hall–Kier alpha value is -4.81. The fourth-order valence-corrected chi connectivity index (χ4v) is 6.90. The van der Waals surface area contributed by atoms with Crippen molar-refractivity contribution in [3.05, 3.63) is 89.5 Å². The quantitative estimate of drug-likeness (QED) is 0.192. The average Bonchev–Trinajstić information content (AvgIpc) is 3.62. The molecule has 2 fully saturated rings. The zero-order valence-corrected chi connectivity index (χ0v) is 31.2. The highest BCUT2D eigenvalue weighted by molar-refractivity contribution is 5.97. The fourth-order valence-electron chi connectivity index (χ4n) is 6.90. The van der Waals surface area contributed by atoms with Gasteiger partial charge < -0.3 is 43.1 Å². The lowest BCUT2D eigenvalue weighted by Crippen LogP contribution is -2.47. The van der Waals surface area contributed by atoms with E-state index in [2.05, 4.69) is 12.1 Å². The second-order valence-electron chi connectivity index (χ2n) is 14.7. The molecule has 284 valence electrons. The second-order valence-corrected chi connectivity index (χ2v) is 14.7. The average molecular weight is 730 g/mol. The monoisotopic (exact) mass is 729 g/mol. The number of benzene rings is 3. The topological polar surface area (TPSA) is 116 Å². The van der Waals surface area contributed by atoms with Gasteiger partial charge in [-0.05, 0) is 74.6 Å². The lowest BCUT2D eigenvalue weighted by molar-refractivity contribution is -0.121. The van der Waals surface area contributed by atoms with Gasteiger partial charge in [0.05, 0.1) is 31.5 Å². The van der Waals surface area contributed by atoms with Gasteiger partial charge in [-0.25, -0.2) is 9.59 Å². The zero-order chi connectivity index (χ0) is 37.4. The van der Waals surface area contributed by atoms with Crippen molar-refractivity contribution in [3.63, 3.8) is 0 Å². The molecule has 6 rings (SSSR count). The highest BCUT2D eigenvalue weighted by Crippen LogP contribution is 2.36. The van der Waals surface area contributed by atoms with Crippen molar-refractivity contribution in [1.29, 1.82) is 0 Å². The van der Waals surface area contributed by atoms with Crippen LogP contribution in [0.2, 0.25) is 0 Å². The summed E-state index contributed by atoms with van der Waals surface area (Å²) in [6, 6.07) is 23.4. The lowest BCUT2D eigenvalue weighted by atomic mass is 9.87. The minimum absolute atomic E-state index is 0.00412. The molecule has 2 unspecified atom stereocenters. The minimum atomic E-state index is -0.548. The first kappa shape index (κ1) is 37.9. The van der Waals surface area contributed by atoms with Gasteiger partial charge in [-0.1, -0.05) is 48.5 Å². The van der Waals surface area contributed by atoms with Gasteiger partial charge in [0.2, 0.25) is 0 Å². The summed E-state index contributed by atoms with van der Waals surface area (Å²) < 4.78 is 35.1. The second kappa shape index (κ2) is 17.3. The molecular formula is C41H51N3O9. The Bertz CT molecular complexity index is 1690. The molecule has 0 saturated carbocycles. The third-order valence-corrected chi connectivity index (χ3v) is 9.59. The minimum Gasteiger partial charge on any atom is -0.489 e. The predicted octanol–water partition coefficient (Wildman–Crippen LogP) is 6.55. The molecule has 2 saturated heterocycles. The van der Waals surface area contributed by atoms with Gasteiger partial charge >= 0.3 is 12.2 Å². The van der Waals surface area contributed by atoms with Crippen LogP contribution in [0.1, 0.15) is 62.6 Å². The fraction of sp³-hybridized carbons (Fsp3) is 0.488. The van der Waals surface area contributed by atoms with Gasteiger partial charge in [-0.3, -0.25) is 4.79 Å². The van der Waals surface area contributed by atoms with E-state index in [1.54, 1.807) is 21.8 Å². The van der Waals surface area contributed by atoms with Crippen molar-refractivity contribution in [3.8, 4) is 11.5 Å². The summed E-state index contributed by atoms with van der Waals surface area (Å²) in [4.78, 5) is 43.7. The van der Waals surface area contributed by atoms with Crippen LogP contribution in [0.5, 0.6) is 11.5 Å². The molecule has 3 atom stereocenters. The van der Waals surface area contributed by atoms with Gasteiger partial charge in [0.1, 0.15) is 29.8 Å². The molecule has 3 heterocycles. The van der Waals surface area contributed by atoms with Crippen molar-refractivity contribution < 1.29 is 42.8 Å². The predicted molar refractivity (Wildman–Crippen MR) is 198 cm³/mol. The molecule has 0 bridgehead atoms. The number of rotatable bonds is 12. The van der Waals surface area contributed by atoms with E-state index in [1.165, 1.54) is 0 Å². The van der Waals surface area contributed by atoms with E-state index in [0.717, 1.165) is 34.5 Å². The van der Waals surface area contributed by atoms with Crippen LogP contribution >= 0.6 is 0 Å². The van der Waals surface area contributed by atoms with Crippen molar-refractivity contribution in [2.75, 3.05) is 57.9 Å². The first-order valence-electron chi connectivity index (χ1n) is 18.4. The van der Waals surface area contributed by atoms with Gasteiger partial charge in [0.15, 0.2) is 6.61 Å². The Labute approximate surface area is 311 Å². The normalized spacial score (nSPS) is 20.1. The van der Waals surface area contributed by atoms with Crippen LogP contribution in [0, 0.1) is 0 Å². The van der Waals surface area contributed by atoms with Gasteiger partial charge in [0.25, 0.3) is 5.91 Å². The number of nitrogens with zero attached hydrogens (tertiary/aromatic N) is 3. The molecule has 53 heavy (non-hydrogen) atoms. The summed E-state index contributed by atoms with van der Waals surface area (Å²) in [7, 11) is 1.65. The Morgan fingerprint density at radius 2 is 1.62 bits per heavy atom. The van der Waals surface area contributed by atoms with E-state index >= 15 is 0 Å². The number of likely N-dealkylation sites (tertiary alicyclic amines) is 2. The maximum Gasteiger partial charge on any atom is 0.410 e. The summed E-state index contributed by atoms with van der Waals surface area (Å²) in [5.74, 6) is 1.30. The molecule has 0 N–H and O–H groups in total. The number of piperidine rings is 1. The number of carbonyl (C=O) groups excluding carboxylic acids is 3. The standard InChI is InChI=1S/C41H51N3O9/c1-41(2,3)53-40(47)42-20-17-33(24-42)52-32-14-12-31(13-15-32)34-18-21-43(39(46)51-26-29-9-6-5-7-10-29)25-37(34)49-27-30-11-16-36-35(23-30)44(19-8-22-48-4)38(45)28-50-36/h5-7,9-16,23,33-34,37H,8,17-22,24-28H2,1-4H3/t33-,34?,37?/m0/s1. The van der Waals surface area contributed by atoms with E-state index in [-0.39, 0.29) is 56.0 Å². The van der Waals surface area contributed by atoms with Crippen LogP contribution in [-0.2, 0) is 37.0 Å². The zero-order valence-electron chi connectivity index (χ0n) is 31.2. The molecule has 12 heteroatoms. The SMILES string of the molecule is COCCCN1C(=O)COc2ccc(COC3CN(C(=O)OCc4ccccc4)CCC3c3ccc(O[C@H]4CCN(C(=O)OC(C)(C)C)C4)cc3)cc21. The van der Waals surface area contributed by atoms with Crippen LogP contribution in [-0.4, -0.2) is 98.7 Å². The molecule has 3 aromatic rings. The van der Waals surface area contributed by atoms with Gasteiger partial charge in [-0.2, -0.15) is 0 Å². The number of hydrogen-bond donors (Lipinski definition) is 0. The number of ether oxygens (including phenoxy) is 6. The van der Waals surface area contributed by atoms with E-state index in [9.17, 15) is 14.4 Å². The largest absolute Gasteiger partial charge is 0.489 e. The molecule has 3 amide bonds. The maximum absolute atomic E-state index is 13.3. The Kier molecular flexibility index (Phi) is 12.4. The number of carbonyl (C=O) groups is 3. The van der Waals surface area contributed by atoms with E-state index in [0.29, 0.717) is 57.9 Å². The molecule has 0 aromatic heterocycles. The van der Waals surface area contributed by atoms with E-state index in [4.69, 9.17) is 28.4 Å². The molecule has 0 radical (unpaired) electrons. The van der Waals surface area contributed by atoms with Crippen molar-refractivity contribution in [2.24, 2.45) is 0 Å². The summed E-state index contributed by atoms with van der Waals surface area (Å²) >= 11 is 0. The Morgan fingerprint density at radius 1 is 0.868 bits per heavy atom. The molecule has 3 aromatic carbocycles. The summed E-state index contributed by atoms with van der Waals surface area (Å²) in [6.07, 6.45) is 0.959. The summed E-state index contributed by atoms with van der Waals surface area (Å²) in [5.41, 5.74) is 3.06. The Morgan fingerprint density at radius 3 is 2.38 bits per heavy atom. The molecule has 3 aliphatic heterocycles. The third kappa shape index (κ3) is 10.2. The third-order valence-electron chi connectivity index (χ3n) is 9.59. The number of anilines is 1. The van der Waals surface area contributed by atoms with E-state index in [1.807, 2.05) is 81.4 Å². The van der Waals surface area contributed by atoms with E-state index < -0.39 is 5.60 Å². The highest BCUT2D eigenvalue weighted by Gasteiger charge is 2.35. The number of hydrogen-bond acceptors (Lipinski definition) is 9. The molecule has 0 spiro atoms. The van der Waals surface area contributed by atoms with Crippen molar-refractivity contribution >= 4 is 23.8 Å². The number of fused-ring (bicyclic) bond motifs is 1. The summed E-state index contributed by atoms with van der Waals surface area (Å²) in [5, 5.41) is 0. The van der Waals surface area contributed by atoms with Crippen molar-refractivity contribution in [2.45, 2.75) is 77.0 Å². The van der Waals surface area contributed by atoms with Crippen LogP contribution in [0.15, 0.2) is 72.8 Å². The Balaban J connectivity index is 1.13. The smallest absolute Gasteiger partial charge is 0.410 e. The first-order valence-corrected chi connectivity index (χ1v) is 18.4. The maximum atomic E-state index is 13.3. The number of methoxy groups -OCH3 is 1. The van der Waals surface area contributed by atoms with Crippen LogP contribution in [0.3, 0.4) is 0 Å². The van der Waals surface area contributed by atoms with Crippen molar-refractivity contribution in [1.82, 2.24) is 9.80 Å². The van der Waals surface area contributed by atoms with Crippen LogP contribution < -0.4 is 14.4 Å². The first-order chi connectivity index (χ1) is 25.6. The highest BCUT2D eigenvalue weighted by atomic mass is 16.6. The molecular weight excluding hydrogens is 678 g/mol. The lowest BCUT2D eigenvalue weighted by Gasteiger charge is -2.38. The summed E-state index contributed by atoms with van der Waals surface area (Å²) in [6.45, 7) is 9.07. The van der Waals surface area contributed by atoms with Gasteiger partial charge in [-0.15, -0.1) is 0 Å². The van der Waals surface area contributed by atoms with Crippen LogP contribution in [0.4, 0.5) is 15.3 Å². The molecule has 0 aliphatic carbocycles. The molecule has 12 nitrogen and oxygen atoms in total. The van der Waals surface area contributed by atoms with Gasteiger partial charge in [0, 0.05) is 45.7 Å². The molecule has 3 aliphatic rings. The van der Waals surface area contributed by atoms with Crippen LogP contribution in [0.25, 0.3) is 0 Å².